The molecule has 0 atom stereocenters. The Kier molecular flexibility index (Phi) is 5.23. The van der Waals surface area contributed by atoms with Crippen LogP contribution in [-0.4, -0.2) is 19.7 Å². The summed E-state index contributed by atoms with van der Waals surface area (Å²) < 4.78 is 1.76. The molecule has 6 aromatic rings. The lowest BCUT2D eigenvalue weighted by Gasteiger charge is -2.18. The first-order valence-corrected chi connectivity index (χ1v) is 12.6. The van der Waals surface area contributed by atoms with Crippen LogP contribution in [0.25, 0.3) is 33.1 Å². The number of aromatic nitrogens is 6. The highest BCUT2D eigenvalue weighted by Gasteiger charge is 2.24. The number of hydrogen-bond acceptors (Lipinski definition) is 5. The molecule has 0 radical (unpaired) electrons. The van der Waals surface area contributed by atoms with Crippen molar-refractivity contribution >= 4 is 56.6 Å². The van der Waals surface area contributed by atoms with Crippen LogP contribution in [0.15, 0.2) is 83.1 Å². The zero-order chi connectivity index (χ0) is 23.1. The molecule has 0 saturated carbocycles. The van der Waals surface area contributed by atoms with Gasteiger partial charge in [-0.2, -0.15) is 0 Å². The maximum Gasteiger partial charge on any atom is 0.314 e. The predicted molar refractivity (Wildman–Crippen MR) is 134 cm³/mol. The summed E-state index contributed by atoms with van der Waals surface area (Å²) in [5, 5.41) is 14.9. The average Bonchev–Trinajstić information content (AvgIpc) is 3.48. The van der Waals surface area contributed by atoms with Crippen molar-refractivity contribution in [3.8, 4) is 0 Å². The van der Waals surface area contributed by atoms with Gasteiger partial charge < -0.3 is 14.9 Å². The molecule has 0 aliphatic heterocycles. The van der Waals surface area contributed by atoms with E-state index in [1.807, 2.05) is 48.5 Å². The largest absolute Gasteiger partial charge is 0.805 e. The normalized spacial score (nSPS) is 11.6. The molecule has 0 spiro atoms. The number of hydrogen-bond donors (Lipinski definition) is 2. The summed E-state index contributed by atoms with van der Waals surface area (Å²) in [4.78, 5) is 27.8. The molecule has 3 N–H and O–H groups in total. The summed E-state index contributed by atoms with van der Waals surface area (Å²) in [6, 6.07) is 22.6. The Labute approximate surface area is 201 Å². The number of fused-ring (bicyclic) bond motifs is 3. The number of aromatic amines is 3. The maximum absolute atomic E-state index is 13.3. The van der Waals surface area contributed by atoms with Crippen molar-refractivity contribution in [2.24, 2.45) is 0 Å². The average molecular weight is 488 g/mol. The van der Waals surface area contributed by atoms with Crippen LogP contribution < -0.4 is 9.41 Å². The Morgan fingerprint density at radius 2 is 1.68 bits per heavy atom. The highest BCUT2D eigenvalue weighted by molar-refractivity contribution is 7.98. The second kappa shape index (κ2) is 8.54. The predicted octanol–water partition coefficient (Wildman–Crippen LogP) is 4.66. The summed E-state index contributed by atoms with van der Waals surface area (Å²) in [5.41, 5.74) is 5.31. The molecule has 3 aromatic heterocycles. The number of nitrogens with one attached hydrogen (secondary N) is 3. The number of thioether (sulfide) groups is 2. The minimum atomic E-state index is 0.308. The third-order valence-electron chi connectivity index (χ3n) is 5.63. The van der Waals surface area contributed by atoms with Gasteiger partial charge >= 0.3 is 5.16 Å². The summed E-state index contributed by atoms with van der Waals surface area (Å²) in [5.74, 6) is 0.638. The second-order valence-electron chi connectivity index (χ2n) is 7.73. The standard InChI is InChI=1S/C24H18N6O2S2/c31-29-19-11-5-6-12-20(19)30(32)22(14-34-24-27-17-9-3-4-10-18(17)28-24)21(29)13-33-23-25-15-7-1-2-8-16(15)26-23/h1-12H,13-14H2,(H,25,26)(H,27,28)/p+1. The van der Waals surface area contributed by atoms with Crippen LogP contribution in [-0.2, 0) is 11.5 Å². The van der Waals surface area contributed by atoms with E-state index in [0.717, 1.165) is 36.4 Å². The minimum Gasteiger partial charge on any atom is -0.805 e. The first kappa shape index (κ1) is 20.8. The molecule has 10 heteroatoms. The minimum absolute atomic E-state index is 0.308. The molecule has 0 aliphatic rings. The van der Waals surface area contributed by atoms with E-state index < -0.39 is 0 Å². The molecule has 34 heavy (non-hydrogen) atoms. The van der Waals surface area contributed by atoms with Crippen molar-refractivity contribution in [3.05, 3.63) is 94.3 Å². The van der Waals surface area contributed by atoms with Gasteiger partial charge in [-0.15, -0.1) is 0 Å². The van der Waals surface area contributed by atoms with Gasteiger partial charge in [0, 0.05) is 11.0 Å². The van der Waals surface area contributed by atoms with Crippen molar-refractivity contribution < 1.29 is 9.41 Å². The number of rotatable bonds is 6. The topological polar surface area (TPSA) is 110 Å². The van der Waals surface area contributed by atoms with Gasteiger partial charge in [0.2, 0.25) is 0 Å². The van der Waals surface area contributed by atoms with E-state index >= 15 is 0 Å². The SMILES string of the molecule is O=[n+]1c(CSc2nc3ccccc3[nH]2)c(CSc2[nH]c3ccccc3[nH+]2)n([O-])c2ccccc21. The van der Waals surface area contributed by atoms with Crippen LogP contribution >= 0.6 is 23.5 Å². The van der Waals surface area contributed by atoms with E-state index in [1.165, 1.54) is 23.5 Å². The van der Waals surface area contributed by atoms with Gasteiger partial charge in [0.25, 0.3) is 11.2 Å². The van der Waals surface area contributed by atoms with Crippen LogP contribution in [0.5, 0.6) is 0 Å². The Morgan fingerprint density at radius 1 is 0.912 bits per heavy atom. The van der Waals surface area contributed by atoms with E-state index in [2.05, 4.69) is 19.9 Å². The molecule has 6 rings (SSSR count). The lowest BCUT2D eigenvalue weighted by Crippen LogP contribution is -2.27. The third-order valence-corrected chi connectivity index (χ3v) is 7.43. The first-order valence-electron chi connectivity index (χ1n) is 10.6. The van der Waals surface area contributed by atoms with Gasteiger partial charge in [0.15, 0.2) is 16.2 Å². The molecular formula is C24H19N6O2S2+. The van der Waals surface area contributed by atoms with E-state index in [0.29, 0.717) is 39.1 Å². The van der Waals surface area contributed by atoms with E-state index in [-0.39, 0.29) is 0 Å². The smallest absolute Gasteiger partial charge is 0.314 e. The molecule has 0 fully saturated rings. The van der Waals surface area contributed by atoms with Gasteiger partial charge in [0.05, 0.1) is 32.7 Å². The van der Waals surface area contributed by atoms with Gasteiger partial charge in [-0.25, -0.2) is 15.0 Å². The zero-order valence-corrected chi connectivity index (χ0v) is 19.5. The fourth-order valence-electron chi connectivity index (χ4n) is 3.94. The fourth-order valence-corrected chi connectivity index (χ4v) is 5.77. The summed E-state index contributed by atoms with van der Waals surface area (Å²) >= 11 is 2.86. The summed E-state index contributed by atoms with van der Waals surface area (Å²) in [7, 11) is 0. The van der Waals surface area contributed by atoms with Crippen molar-refractivity contribution in [3.63, 3.8) is 0 Å². The van der Waals surface area contributed by atoms with Crippen molar-refractivity contribution in [2.45, 2.75) is 21.8 Å². The number of para-hydroxylation sites is 6. The Hall–Kier alpha value is -3.76. The van der Waals surface area contributed by atoms with Crippen LogP contribution in [0.1, 0.15) is 11.4 Å². The van der Waals surface area contributed by atoms with Gasteiger partial charge in [-0.05, 0) is 42.1 Å². The third kappa shape index (κ3) is 3.70. The number of H-pyrrole nitrogens is 3. The lowest BCUT2D eigenvalue weighted by molar-refractivity contribution is -0.474. The molecule has 3 heterocycles. The van der Waals surface area contributed by atoms with Gasteiger partial charge in [-0.3, -0.25) is 0 Å². The zero-order valence-electron chi connectivity index (χ0n) is 17.8. The van der Waals surface area contributed by atoms with Crippen molar-refractivity contribution in [1.82, 2.24) is 19.7 Å². The number of benzene rings is 3. The molecule has 0 unspecified atom stereocenters. The highest BCUT2D eigenvalue weighted by Crippen LogP contribution is 2.28. The Balaban J connectivity index is 1.36. The molecule has 0 amide bonds. The van der Waals surface area contributed by atoms with Gasteiger partial charge in [-0.1, -0.05) is 48.2 Å². The van der Waals surface area contributed by atoms with Crippen molar-refractivity contribution in [1.29, 1.82) is 0 Å². The molecule has 0 aliphatic carbocycles. The second-order valence-corrected chi connectivity index (χ2v) is 9.68. The lowest BCUT2D eigenvalue weighted by atomic mass is 10.2. The van der Waals surface area contributed by atoms with Gasteiger partial charge in [0.1, 0.15) is 5.52 Å². The maximum atomic E-state index is 13.3. The van der Waals surface area contributed by atoms with E-state index in [4.69, 9.17) is 0 Å². The first-order chi connectivity index (χ1) is 16.7. The fraction of sp³-hybridized carbons (Fsp3) is 0.0833. The molecule has 0 bridgehead atoms. The summed E-state index contributed by atoms with van der Waals surface area (Å²) in [6.07, 6.45) is 0. The van der Waals surface area contributed by atoms with Crippen LogP contribution in [0.2, 0.25) is 0 Å². The monoisotopic (exact) mass is 487 g/mol. The molecule has 168 valence electrons. The summed E-state index contributed by atoms with van der Waals surface area (Å²) in [6.45, 7) is 0. The molecule has 8 nitrogen and oxygen atoms in total. The van der Waals surface area contributed by atoms with E-state index in [1.54, 1.807) is 24.3 Å². The molecule has 3 aromatic carbocycles. The van der Waals surface area contributed by atoms with E-state index in [9.17, 15) is 10.1 Å². The van der Waals surface area contributed by atoms with Crippen LogP contribution in [0, 0.1) is 10.1 Å². The highest BCUT2D eigenvalue weighted by atomic mass is 32.2. The van der Waals surface area contributed by atoms with Crippen molar-refractivity contribution in [2.75, 3.05) is 0 Å². The number of nitrogens with zero attached hydrogens (tertiary/aromatic N) is 3. The molecular weight excluding hydrogens is 468 g/mol. The Bertz CT molecular complexity index is 1660. The quantitative estimate of drug-likeness (QED) is 0.262. The van der Waals surface area contributed by atoms with Crippen LogP contribution in [0.4, 0.5) is 0 Å². The van der Waals surface area contributed by atoms with Crippen LogP contribution in [0.3, 0.4) is 0 Å². The molecule has 0 saturated heterocycles. The Morgan fingerprint density at radius 3 is 2.53 bits per heavy atom. The number of imidazole rings is 2.